The maximum Gasteiger partial charge on any atom is 2.00 e. The molecule has 0 spiro atoms. The molecule has 0 amide bonds. The second-order valence-electron chi connectivity index (χ2n) is 0.289. The van der Waals surface area contributed by atoms with Crippen LogP contribution < -0.4 is 0 Å². The van der Waals surface area contributed by atoms with Gasteiger partial charge in [0.1, 0.15) is 0 Å². The van der Waals surface area contributed by atoms with Crippen LogP contribution in [-0.2, 0) is 12.6 Å². The third kappa shape index (κ3) is 46.0. The summed E-state index contributed by atoms with van der Waals surface area (Å²) in [5.41, 5.74) is 0. The van der Waals surface area contributed by atoms with Crippen LogP contribution in [0, 0.1) is 6.92 Å². The van der Waals surface area contributed by atoms with Crippen molar-refractivity contribution in [3.63, 3.8) is 0 Å². The Morgan fingerprint density at radius 2 is 1.50 bits per heavy atom. The SMILES string of the molecule is CC[S-].[CH2-]C.[Ca+2]. The van der Waals surface area contributed by atoms with Crippen molar-refractivity contribution in [2.75, 3.05) is 5.75 Å². The topological polar surface area (TPSA) is 0 Å². The van der Waals surface area contributed by atoms with Crippen molar-refractivity contribution in [2.24, 2.45) is 0 Å². The molecule has 0 radical (unpaired) electrons. The van der Waals surface area contributed by atoms with Gasteiger partial charge in [-0.2, -0.15) is 12.7 Å². The van der Waals surface area contributed by atoms with E-state index in [4.69, 9.17) is 0 Å². The predicted molar refractivity (Wildman–Crippen MR) is 34.7 cm³/mol. The van der Waals surface area contributed by atoms with E-state index in [9.17, 15) is 0 Å². The second kappa shape index (κ2) is 30.5. The summed E-state index contributed by atoms with van der Waals surface area (Å²) in [5.74, 6) is 0.833. The molecule has 6 heavy (non-hydrogen) atoms. The zero-order valence-electron chi connectivity index (χ0n) is 4.53. The van der Waals surface area contributed by atoms with E-state index in [2.05, 4.69) is 19.6 Å². The van der Waals surface area contributed by atoms with Gasteiger partial charge in [-0.05, 0) is 0 Å². The normalized spacial score (nSPS) is 4.00. The molecule has 2 heteroatoms. The standard InChI is InChI=1S/C2H6S.C2H5.Ca/c1-2-3;1-2;/h3H,2H2,1H3;1H2,2H3;/q;-1;+2/p-1. The Morgan fingerprint density at radius 3 is 1.50 bits per heavy atom. The molecule has 0 rings (SSSR count). The quantitative estimate of drug-likeness (QED) is 0.268. The van der Waals surface area contributed by atoms with E-state index in [1.165, 1.54) is 0 Å². The van der Waals surface area contributed by atoms with E-state index >= 15 is 0 Å². The molecule has 0 aliphatic rings. The van der Waals surface area contributed by atoms with Gasteiger partial charge in [-0.15, -0.1) is 0 Å². The van der Waals surface area contributed by atoms with Crippen LogP contribution in [0.25, 0.3) is 0 Å². The van der Waals surface area contributed by atoms with Crippen LogP contribution in [-0.4, -0.2) is 43.5 Å². The molecule has 0 saturated carbocycles. The minimum atomic E-state index is 0. The Labute approximate surface area is 76.1 Å². The molecule has 0 aromatic heterocycles. The molecule has 0 heterocycles. The van der Waals surface area contributed by atoms with Crippen molar-refractivity contribution in [1.29, 1.82) is 0 Å². The van der Waals surface area contributed by atoms with Crippen LogP contribution in [0.5, 0.6) is 0 Å². The number of hydrogen-bond donors (Lipinski definition) is 0. The maximum atomic E-state index is 4.39. The summed E-state index contributed by atoms with van der Waals surface area (Å²) >= 11 is 4.39. The van der Waals surface area contributed by atoms with Crippen LogP contribution >= 0.6 is 0 Å². The Balaban J connectivity index is -0.0000000275. The first-order valence-electron chi connectivity index (χ1n) is 1.70. The van der Waals surface area contributed by atoms with E-state index in [-0.39, 0.29) is 37.7 Å². The molecular formula is C4H10CaS. The molecule has 0 aromatic rings. The van der Waals surface area contributed by atoms with Gasteiger partial charge in [0.15, 0.2) is 0 Å². The Kier molecular flexibility index (Phi) is 79.6. The van der Waals surface area contributed by atoms with Gasteiger partial charge in [0.25, 0.3) is 0 Å². The van der Waals surface area contributed by atoms with Gasteiger partial charge in [0.2, 0.25) is 0 Å². The first-order chi connectivity index (χ1) is 2.41. The van der Waals surface area contributed by atoms with Crippen molar-refractivity contribution in [2.45, 2.75) is 13.8 Å². The summed E-state index contributed by atoms with van der Waals surface area (Å²) in [6.45, 7) is 6.94. The van der Waals surface area contributed by atoms with Gasteiger partial charge in [-0.25, -0.2) is 0 Å². The Bertz CT molecular complexity index is 7.51. The fraction of sp³-hybridized carbons (Fsp3) is 0.750. The van der Waals surface area contributed by atoms with Crippen molar-refractivity contribution in [3.05, 3.63) is 6.92 Å². The van der Waals surface area contributed by atoms with Gasteiger partial charge >= 0.3 is 37.7 Å². The molecule has 0 aliphatic carbocycles. The van der Waals surface area contributed by atoms with Crippen molar-refractivity contribution in [3.8, 4) is 0 Å². The Morgan fingerprint density at radius 1 is 1.50 bits per heavy atom. The molecule has 0 aromatic carbocycles. The molecule has 0 nitrogen and oxygen atoms in total. The molecule has 0 N–H and O–H groups in total. The monoisotopic (exact) mass is 130 g/mol. The summed E-state index contributed by atoms with van der Waals surface area (Å²) in [6.07, 6.45) is 0. The average Bonchev–Trinajstić information content (AvgIpc) is 1.46. The minimum absolute atomic E-state index is 0. The number of hydrogen-bond acceptors (Lipinski definition) is 1. The summed E-state index contributed by atoms with van der Waals surface area (Å²) in [5, 5.41) is 0. The molecule has 0 aliphatic heterocycles. The fourth-order valence-corrected chi connectivity index (χ4v) is 0. The fourth-order valence-electron chi connectivity index (χ4n) is 0. The van der Waals surface area contributed by atoms with Crippen LogP contribution in [0.3, 0.4) is 0 Å². The van der Waals surface area contributed by atoms with E-state index in [0.29, 0.717) is 0 Å². The summed E-state index contributed by atoms with van der Waals surface area (Å²) in [4.78, 5) is 0. The van der Waals surface area contributed by atoms with Gasteiger partial charge in [-0.1, -0.05) is 6.92 Å². The average molecular weight is 130 g/mol. The summed E-state index contributed by atoms with van der Waals surface area (Å²) in [6, 6.07) is 0. The Hall–Kier alpha value is 1.61. The molecule has 0 atom stereocenters. The molecule has 0 saturated heterocycles. The zero-order valence-corrected chi connectivity index (χ0v) is 7.55. The molecule has 0 fully saturated rings. The predicted octanol–water partition coefficient (Wildman–Crippen LogP) is 1.01. The first-order valence-corrected chi connectivity index (χ1v) is 2.28. The zero-order chi connectivity index (χ0) is 4.71. The van der Waals surface area contributed by atoms with Crippen LogP contribution in [0.1, 0.15) is 13.8 Å². The van der Waals surface area contributed by atoms with Gasteiger partial charge < -0.3 is 19.6 Å². The van der Waals surface area contributed by atoms with Crippen molar-refractivity contribution < 1.29 is 0 Å². The van der Waals surface area contributed by atoms with Crippen LogP contribution in [0.2, 0.25) is 0 Å². The maximum absolute atomic E-state index is 4.39. The molecule has 0 unspecified atom stereocenters. The molecule has 34 valence electrons. The largest absolute Gasteiger partial charge is 2.00 e. The van der Waals surface area contributed by atoms with Crippen LogP contribution in [0.15, 0.2) is 0 Å². The van der Waals surface area contributed by atoms with Crippen molar-refractivity contribution >= 4 is 50.4 Å². The third-order valence-electron chi connectivity index (χ3n) is 0. The first kappa shape index (κ1) is 15.6. The molecular weight excluding hydrogens is 120 g/mol. The second-order valence-corrected chi connectivity index (χ2v) is 0.866. The third-order valence-corrected chi connectivity index (χ3v) is 0. The van der Waals surface area contributed by atoms with Gasteiger partial charge in [-0.3, -0.25) is 0 Å². The van der Waals surface area contributed by atoms with Gasteiger partial charge in [0.05, 0.1) is 0 Å². The van der Waals surface area contributed by atoms with E-state index in [1.807, 2.05) is 6.92 Å². The molecule has 0 bridgehead atoms. The van der Waals surface area contributed by atoms with Gasteiger partial charge in [0, 0.05) is 0 Å². The van der Waals surface area contributed by atoms with E-state index in [1.54, 1.807) is 6.92 Å². The van der Waals surface area contributed by atoms with Crippen LogP contribution in [0.4, 0.5) is 0 Å². The van der Waals surface area contributed by atoms with E-state index < -0.39 is 0 Å². The van der Waals surface area contributed by atoms with E-state index in [0.717, 1.165) is 5.75 Å². The van der Waals surface area contributed by atoms with Crippen molar-refractivity contribution in [1.82, 2.24) is 0 Å². The number of rotatable bonds is 0. The minimum Gasteiger partial charge on any atom is -0.793 e. The smallest absolute Gasteiger partial charge is 0.793 e. The summed E-state index contributed by atoms with van der Waals surface area (Å²) < 4.78 is 0. The summed E-state index contributed by atoms with van der Waals surface area (Å²) in [7, 11) is 0.